The molecule has 0 unspecified atom stereocenters. The second-order valence-corrected chi connectivity index (χ2v) is 10.8. The number of nitrogens with zero attached hydrogens (tertiary/aromatic N) is 3. The number of rotatable bonds is 4. The Kier molecular flexibility index (Phi) is 6.93. The Morgan fingerprint density at radius 3 is 2.24 bits per heavy atom. The second kappa shape index (κ2) is 9.56. The van der Waals surface area contributed by atoms with E-state index in [1.807, 2.05) is 0 Å². The van der Waals surface area contributed by atoms with Crippen molar-refractivity contribution in [3.63, 3.8) is 0 Å². The fourth-order valence-corrected chi connectivity index (χ4v) is 5.62. The maximum absolute atomic E-state index is 13.8. The van der Waals surface area contributed by atoms with Crippen molar-refractivity contribution in [2.45, 2.75) is 16.7 Å². The Morgan fingerprint density at radius 1 is 1.00 bits per heavy atom. The molecule has 0 spiro atoms. The van der Waals surface area contributed by atoms with E-state index >= 15 is 0 Å². The van der Waals surface area contributed by atoms with Gasteiger partial charge < -0.3 is 0 Å². The summed E-state index contributed by atoms with van der Waals surface area (Å²) >= 11 is 22.5. The van der Waals surface area contributed by atoms with Crippen LogP contribution in [0, 0.1) is 6.92 Å². The Bertz CT molecular complexity index is 1370. The summed E-state index contributed by atoms with van der Waals surface area (Å²) in [6, 6.07) is 16.7. The number of hydrogen-bond acceptors (Lipinski definition) is 5. The molecule has 170 valence electrons. The third kappa shape index (κ3) is 5.15. The molecule has 6 nitrogen and oxygen atoms in total. The fourth-order valence-electron chi connectivity index (χ4n) is 3.10. The summed E-state index contributed by atoms with van der Waals surface area (Å²) in [7, 11) is -4.09. The largest absolute Gasteiger partial charge is 0.268 e. The van der Waals surface area contributed by atoms with Crippen LogP contribution in [0.4, 0.5) is 5.69 Å². The minimum atomic E-state index is -4.09. The van der Waals surface area contributed by atoms with Crippen molar-refractivity contribution < 1.29 is 8.42 Å². The molecule has 0 amide bonds. The molecular formula is C22H17Cl3N4O2S2. The van der Waals surface area contributed by atoms with Crippen LogP contribution < -0.4 is 5.43 Å². The van der Waals surface area contributed by atoms with Crippen LogP contribution in [0.3, 0.4) is 0 Å². The van der Waals surface area contributed by atoms with Gasteiger partial charge >= 0.3 is 0 Å². The number of nitrogens with one attached hydrogen (secondary N) is 1. The summed E-state index contributed by atoms with van der Waals surface area (Å²) in [5.41, 5.74) is 5.12. The van der Waals surface area contributed by atoms with E-state index in [4.69, 9.17) is 34.8 Å². The third-order valence-electron chi connectivity index (χ3n) is 4.87. The van der Waals surface area contributed by atoms with Gasteiger partial charge in [0.05, 0.1) is 17.9 Å². The topological polar surface area (TPSA) is 74.1 Å². The summed E-state index contributed by atoms with van der Waals surface area (Å²) < 4.78 is 28.7. The smallest absolute Gasteiger partial charge is 0.246 e. The average Bonchev–Trinajstić information content (AvgIpc) is 2.78. The van der Waals surface area contributed by atoms with Crippen molar-refractivity contribution in [3.8, 4) is 0 Å². The molecule has 0 radical (unpaired) electrons. The number of hydrogen-bond donors (Lipinski definition) is 2. The molecule has 1 N–H and O–H groups in total. The van der Waals surface area contributed by atoms with E-state index in [2.05, 4.69) is 28.1 Å². The molecular weight excluding hydrogens is 523 g/mol. The Labute approximate surface area is 212 Å². The Morgan fingerprint density at radius 2 is 1.61 bits per heavy atom. The van der Waals surface area contributed by atoms with Gasteiger partial charge in [-0.1, -0.05) is 46.9 Å². The second-order valence-electron chi connectivity index (χ2n) is 7.17. The van der Waals surface area contributed by atoms with Crippen LogP contribution in [-0.2, 0) is 10.0 Å². The van der Waals surface area contributed by atoms with Gasteiger partial charge in [0.25, 0.3) is 10.0 Å². The first-order valence-corrected chi connectivity index (χ1v) is 12.6. The van der Waals surface area contributed by atoms with Gasteiger partial charge in [0.1, 0.15) is 4.90 Å². The molecule has 0 bridgehead atoms. The van der Waals surface area contributed by atoms with E-state index in [1.165, 1.54) is 12.1 Å². The Hall–Kier alpha value is -2.23. The molecule has 0 aliphatic carbocycles. The molecule has 0 fully saturated rings. The number of halogens is 3. The first-order chi connectivity index (χ1) is 15.6. The maximum Gasteiger partial charge on any atom is 0.268 e. The number of aryl methyl sites for hydroxylation is 1. The van der Waals surface area contributed by atoms with Crippen molar-refractivity contribution in [3.05, 3.63) is 86.9 Å². The van der Waals surface area contributed by atoms with Crippen molar-refractivity contribution in [1.82, 2.24) is 9.73 Å². The SMILES string of the molecule is Cc1cc(S(=O)(=O)N2CC(c3ccc(Cl)cc3)=NNC2=Nc2ccc(Cl)cc2)c(S)cc1Cl. The van der Waals surface area contributed by atoms with Crippen LogP contribution >= 0.6 is 47.4 Å². The number of benzene rings is 3. The van der Waals surface area contributed by atoms with Gasteiger partial charge in [0.15, 0.2) is 0 Å². The first kappa shape index (κ1) is 23.9. The predicted octanol–water partition coefficient (Wildman–Crippen LogP) is 5.93. The van der Waals surface area contributed by atoms with E-state index in [9.17, 15) is 8.42 Å². The van der Waals surface area contributed by atoms with E-state index in [-0.39, 0.29) is 22.3 Å². The average molecular weight is 540 g/mol. The van der Waals surface area contributed by atoms with Crippen LogP contribution in [0.5, 0.6) is 0 Å². The maximum atomic E-state index is 13.8. The number of hydrazone groups is 1. The van der Waals surface area contributed by atoms with Crippen LogP contribution in [0.1, 0.15) is 11.1 Å². The van der Waals surface area contributed by atoms with Crippen molar-refractivity contribution >= 4 is 74.8 Å². The molecule has 1 heterocycles. The molecule has 1 aliphatic heterocycles. The zero-order chi connectivity index (χ0) is 23.8. The highest BCUT2D eigenvalue weighted by Gasteiger charge is 2.34. The van der Waals surface area contributed by atoms with Gasteiger partial charge in [-0.05, 0) is 66.6 Å². The molecule has 3 aromatic carbocycles. The molecule has 33 heavy (non-hydrogen) atoms. The summed E-state index contributed by atoms with van der Waals surface area (Å²) in [6.45, 7) is 1.67. The van der Waals surface area contributed by atoms with Gasteiger partial charge in [-0.3, -0.25) is 0 Å². The third-order valence-corrected chi connectivity index (χ3v) is 8.08. The van der Waals surface area contributed by atoms with Crippen molar-refractivity contribution in [2.24, 2.45) is 10.1 Å². The van der Waals surface area contributed by atoms with Gasteiger partial charge in [-0.2, -0.15) is 5.10 Å². The van der Waals surface area contributed by atoms with Gasteiger partial charge in [-0.25, -0.2) is 23.1 Å². The van der Waals surface area contributed by atoms with E-state index in [0.717, 1.165) is 9.87 Å². The lowest BCUT2D eigenvalue weighted by atomic mass is 10.1. The molecule has 11 heteroatoms. The van der Waals surface area contributed by atoms with Crippen LogP contribution in [0.15, 0.2) is 80.5 Å². The van der Waals surface area contributed by atoms with E-state index in [0.29, 0.717) is 32.0 Å². The lowest BCUT2D eigenvalue weighted by Crippen LogP contribution is -2.50. The number of aliphatic imine (C=N–C) groups is 1. The number of sulfonamides is 1. The zero-order valence-corrected chi connectivity index (χ0v) is 21.1. The van der Waals surface area contributed by atoms with Crippen molar-refractivity contribution in [2.75, 3.05) is 6.54 Å². The zero-order valence-electron chi connectivity index (χ0n) is 17.1. The van der Waals surface area contributed by atoms with Gasteiger partial charge in [0, 0.05) is 20.0 Å². The number of thiol groups is 1. The first-order valence-electron chi connectivity index (χ1n) is 9.60. The van der Waals surface area contributed by atoms with Crippen molar-refractivity contribution in [1.29, 1.82) is 0 Å². The number of guanidine groups is 1. The van der Waals surface area contributed by atoms with Crippen LogP contribution in [0.2, 0.25) is 15.1 Å². The predicted molar refractivity (Wildman–Crippen MR) is 137 cm³/mol. The van der Waals surface area contributed by atoms with Crippen LogP contribution in [0.25, 0.3) is 0 Å². The van der Waals surface area contributed by atoms with E-state index < -0.39 is 10.0 Å². The monoisotopic (exact) mass is 538 g/mol. The van der Waals surface area contributed by atoms with Crippen LogP contribution in [-0.4, -0.2) is 30.9 Å². The summed E-state index contributed by atoms with van der Waals surface area (Å²) in [5, 5.41) is 5.89. The highest BCUT2D eigenvalue weighted by molar-refractivity contribution is 7.90. The summed E-state index contributed by atoms with van der Waals surface area (Å²) in [5.74, 6) is 0.0374. The molecule has 3 aromatic rings. The van der Waals surface area contributed by atoms with Gasteiger partial charge in [-0.15, -0.1) is 12.6 Å². The minimum Gasteiger partial charge on any atom is -0.246 e. The molecule has 0 aromatic heterocycles. The van der Waals surface area contributed by atoms with Gasteiger partial charge in [0.2, 0.25) is 5.96 Å². The molecule has 1 aliphatic rings. The molecule has 0 saturated heterocycles. The quantitative estimate of drug-likeness (QED) is 0.404. The summed E-state index contributed by atoms with van der Waals surface area (Å²) in [6.07, 6.45) is 0. The fraction of sp³-hybridized carbons (Fsp3) is 0.0909. The highest BCUT2D eigenvalue weighted by Crippen LogP contribution is 2.30. The molecule has 4 rings (SSSR count). The summed E-state index contributed by atoms with van der Waals surface area (Å²) in [4.78, 5) is 4.70. The van der Waals surface area contributed by atoms with E-state index in [1.54, 1.807) is 55.5 Å². The lowest BCUT2D eigenvalue weighted by Gasteiger charge is -2.30. The lowest BCUT2D eigenvalue weighted by molar-refractivity contribution is 0.529. The molecule has 0 saturated carbocycles. The highest BCUT2D eigenvalue weighted by atomic mass is 35.5. The normalized spacial score (nSPS) is 15.4. The Balaban J connectivity index is 1.82. The standard InChI is InChI=1S/C22H17Cl3N4O2S2/c1-13-10-21(20(32)11-18(13)25)33(30,31)29-12-19(14-2-4-15(23)5-3-14)27-28-22(29)26-17-8-6-16(24)7-9-17/h2-11,32H,12H2,1H3,(H,26,28). The molecule has 0 atom stereocenters. The minimum absolute atomic E-state index is 0.00990.